The normalized spacial score (nSPS) is 12.4. The summed E-state index contributed by atoms with van der Waals surface area (Å²) in [5.74, 6) is 0.498. The summed E-state index contributed by atoms with van der Waals surface area (Å²) < 4.78 is 30.3. The van der Waals surface area contributed by atoms with Gasteiger partial charge >= 0.3 is 0 Å². The molecule has 0 unspecified atom stereocenters. The maximum absolute atomic E-state index is 12.0. The van der Waals surface area contributed by atoms with Crippen LogP contribution in [0.1, 0.15) is 19.4 Å². The average molecular weight is 451 g/mol. The first-order chi connectivity index (χ1) is 15.3. The smallest absolute Gasteiger partial charge is 0.278 e. The Kier molecular flexibility index (Phi) is 6.33. The van der Waals surface area contributed by atoms with Gasteiger partial charge in [0.25, 0.3) is 10.2 Å². The van der Waals surface area contributed by atoms with E-state index in [1.807, 2.05) is 12.4 Å². The number of pyridine rings is 1. The predicted octanol–water partition coefficient (Wildman–Crippen LogP) is 4.45. The highest BCUT2D eigenvalue weighted by molar-refractivity contribution is 7.87. The minimum atomic E-state index is -3.43. The molecule has 0 amide bonds. The molecule has 0 saturated carbocycles. The van der Waals surface area contributed by atoms with Crippen LogP contribution in [0.3, 0.4) is 0 Å². The summed E-state index contributed by atoms with van der Waals surface area (Å²) in [6, 6.07) is 14.9. The van der Waals surface area contributed by atoms with Gasteiger partial charge in [0, 0.05) is 62.1 Å². The molecule has 0 saturated heterocycles. The highest BCUT2D eigenvalue weighted by Gasteiger charge is 2.15. The van der Waals surface area contributed by atoms with E-state index >= 15 is 0 Å². The number of fused-ring (bicyclic) bond motifs is 2. The third kappa shape index (κ3) is 4.55. The number of hydrogen-bond donors (Lipinski definition) is 1. The monoisotopic (exact) mass is 450 g/mol. The van der Waals surface area contributed by atoms with E-state index in [0.717, 1.165) is 23.1 Å². The average Bonchev–Trinajstić information content (AvgIpc) is 3.09. The lowest BCUT2D eigenvalue weighted by Crippen LogP contribution is -2.36. The van der Waals surface area contributed by atoms with Crippen LogP contribution in [0.15, 0.2) is 61.1 Å². The zero-order valence-corrected chi connectivity index (χ0v) is 19.9. The second-order valence-electron chi connectivity index (χ2n) is 8.77. The van der Waals surface area contributed by atoms with Crippen LogP contribution >= 0.6 is 0 Å². The molecule has 32 heavy (non-hydrogen) atoms. The molecule has 6 nitrogen and oxygen atoms in total. The van der Waals surface area contributed by atoms with Crippen molar-refractivity contribution in [3.63, 3.8) is 0 Å². The maximum Gasteiger partial charge on any atom is 0.278 e. The van der Waals surface area contributed by atoms with Crippen molar-refractivity contribution in [3.8, 4) is 11.1 Å². The Bertz CT molecular complexity index is 1350. The van der Waals surface area contributed by atoms with E-state index < -0.39 is 10.2 Å². The number of nitrogens with one attached hydrogen (secondary N) is 1. The minimum absolute atomic E-state index is 0.360. The molecule has 0 bridgehead atoms. The van der Waals surface area contributed by atoms with Crippen LogP contribution in [0.5, 0.6) is 0 Å². The first-order valence-electron chi connectivity index (χ1n) is 10.9. The van der Waals surface area contributed by atoms with Crippen LogP contribution in [0.25, 0.3) is 32.8 Å². The summed E-state index contributed by atoms with van der Waals surface area (Å²) in [7, 11) is -0.367. The fraction of sp³-hybridized carbons (Fsp3) is 0.320. The third-order valence-corrected chi connectivity index (χ3v) is 7.21. The van der Waals surface area contributed by atoms with Gasteiger partial charge in [-0.15, -0.1) is 0 Å². The van der Waals surface area contributed by atoms with E-state index in [0.29, 0.717) is 18.9 Å². The van der Waals surface area contributed by atoms with E-state index in [2.05, 4.69) is 76.8 Å². The highest BCUT2D eigenvalue weighted by Crippen LogP contribution is 2.32. The Labute approximate surface area is 190 Å². The summed E-state index contributed by atoms with van der Waals surface area (Å²) in [6.45, 7) is 5.68. The van der Waals surface area contributed by atoms with Crippen LogP contribution in [0.2, 0.25) is 0 Å². The van der Waals surface area contributed by atoms with E-state index in [4.69, 9.17) is 0 Å². The molecule has 1 N–H and O–H groups in total. The van der Waals surface area contributed by atoms with Crippen molar-refractivity contribution in [3.05, 3.63) is 66.6 Å². The van der Waals surface area contributed by atoms with Gasteiger partial charge in [0.15, 0.2) is 0 Å². The Morgan fingerprint density at radius 3 is 2.66 bits per heavy atom. The van der Waals surface area contributed by atoms with E-state index in [-0.39, 0.29) is 0 Å². The zero-order chi connectivity index (χ0) is 22.9. The van der Waals surface area contributed by atoms with Crippen molar-refractivity contribution in [2.75, 3.05) is 20.6 Å². The largest absolute Gasteiger partial charge is 0.347 e. The number of benzene rings is 2. The molecule has 7 heteroatoms. The molecule has 0 radical (unpaired) electrons. The van der Waals surface area contributed by atoms with Gasteiger partial charge in [0.2, 0.25) is 0 Å². The van der Waals surface area contributed by atoms with Gasteiger partial charge in [0.1, 0.15) is 0 Å². The molecule has 0 atom stereocenters. The van der Waals surface area contributed by atoms with Gasteiger partial charge in [-0.25, -0.2) is 4.72 Å². The van der Waals surface area contributed by atoms with Gasteiger partial charge in [0.05, 0.1) is 0 Å². The lowest BCUT2D eigenvalue weighted by Gasteiger charge is -2.12. The van der Waals surface area contributed by atoms with Gasteiger partial charge in [-0.3, -0.25) is 4.98 Å². The molecule has 0 spiro atoms. The lowest BCUT2D eigenvalue weighted by molar-refractivity contribution is 0.506. The van der Waals surface area contributed by atoms with E-state index in [9.17, 15) is 8.42 Å². The van der Waals surface area contributed by atoms with Crippen molar-refractivity contribution in [2.45, 2.75) is 26.8 Å². The first kappa shape index (κ1) is 22.5. The second kappa shape index (κ2) is 9.02. The SMILES string of the molecule is CC(C)Cn1cc(CCNS(=O)(=O)N(C)C)c2ccc(-c3cccc4cnccc34)cc21. The molecule has 0 aliphatic carbocycles. The van der Waals surface area contributed by atoms with Crippen LogP contribution in [0.4, 0.5) is 0 Å². The van der Waals surface area contributed by atoms with Crippen molar-refractivity contribution in [1.82, 2.24) is 18.6 Å². The van der Waals surface area contributed by atoms with E-state index in [1.54, 1.807) is 0 Å². The quantitative estimate of drug-likeness (QED) is 0.431. The summed E-state index contributed by atoms with van der Waals surface area (Å²) >= 11 is 0. The van der Waals surface area contributed by atoms with Crippen LogP contribution < -0.4 is 4.72 Å². The minimum Gasteiger partial charge on any atom is -0.347 e. The fourth-order valence-corrected chi connectivity index (χ4v) is 4.72. The highest BCUT2D eigenvalue weighted by atomic mass is 32.2. The maximum atomic E-state index is 12.0. The molecular weight excluding hydrogens is 420 g/mol. The topological polar surface area (TPSA) is 67.2 Å². The van der Waals surface area contributed by atoms with Gasteiger partial charge in [-0.2, -0.15) is 12.7 Å². The third-order valence-electron chi connectivity index (χ3n) is 5.68. The van der Waals surface area contributed by atoms with Crippen LogP contribution in [-0.4, -0.2) is 42.9 Å². The predicted molar refractivity (Wildman–Crippen MR) is 132 cm³/mol. The summed E-state index contributed by atoms with van der Waals surface area (Å²) in [4.78, 5) is 4.25. The summed E-state index contributed by atoms with van der Waals surface area (Å²) in [5, 5.41) is 3.47. The Balaban J connectivity index is 1.73. The molecule has 0 aliphatic rings. The molecule has 2 heterocycles. The van der Waals surface area contributed by atoms with Crippen LogP contribution in [0, 0.1) is 5.92 Å². The zero-order valence-electron chi connectivity index (χ0n) is 19.0. The molecule has 2 aromatic carbocycles. The molecule has 2 aromatic heterocycles. The van der Waals surface area contributed by atoms with Crippen molar-refractivity contribution < 1.29 is 8.42 Å². The Morgan fingerprint density at radius 2 is 1.91 bits per heavy atom. The Hall–Kier alpha value is -2.74. The molecular formula is C25H30N4O2S. The molecule has 4 aromatic rings. The first-order valence-corrected chi connectivity index (χ1v) is 12.3. The number of hydrogen-bond acceptors (Lipinski definition) is 3. The number of rotatable bonds is 8. The van der Waals surface area contributed by atoms with Gasteiger partial charge in [-0.1, -0.05) is 44.2 Å². The van der Waals surface area contributed by atoms with Crippen molar-refractivity contribution in [1.29, 1.82) is 0 Å². The lowest BCUT2D eigenvalue weighted by atomic mass is 9.98. The summed E-state index contributed by atoms with van der Waals surface area (Å²) in [6.07, 6.45) is 6.53. The van der Waals surface area contributed by atoms with Crippen LogP contribution in [-0.2, 0) is 23.2 Å². The van der Waals surface area contributed by atoms with Crippen molar-refractivity contribution in [2.24, 2.45) is 5.92 Å². The second-order valence-corrected chi connectivity index (χ2v) is 10.7. The van der Waals surface area contributed by atoms with Crippen molar-refractivity contribution >= 4 is 31.9 Å². The van der Waals surface area contributed by atoms with Gasteiger partial charge in [-0.05, 0) is 46.5 Å². The number of nitrogens with zero attached hydrogens (tertiary/aromatic N) is 3. The molecule has 168 valence electrons. The van der Waals surface area contributed by atoms with E-state index in [1.165, 1.54) is 40.3 Å². The standard InChI is InChI=1S/C25H30N4O2S/c1-18(2)16-29-17-21(10-13-27-32(30,31)28(3)4)24-9-8-19(14-25(24)29)22-7-5-6-20-15-26-12-11-23(20)22/h5-9,11-12,14-15,17-18,27H,10,13,16H2,1-4H3. The summed E-state index contributed by atoms with van der Waals surface area (Å²) in [5.41, 5.74) is 4.67. The number of aromatic nitrogens is 2. The molecule has 0 fully saturated rings. The van der Waals surface area contributed by atoms with Gasteiger partial charge < -0.3 is 4.57 Å². The molecule has 0 aliphatic heterocycles. The fourth-order valence-electron chi connectivity index (χ4n) is 4.10. The Morgan fingerprint density at radius 1 is 1.09 bits per heavy atom. The molecule has 4 rings (SSSR count).